The van der Waals surface area contributed by atoms with E-state index in [9.17, 15) is 0 Å². The predicted molar refractivity (Wildman–Crippen MR) is 84.2 cm³/mol. The van der Waals surface area contributed by atoms with Gasteiger partial charge in [-0.1, -0.05) is 0 Å². The minimum atomic E-state index is 0.263. The van der Waals surface area contributed by atoms with Crippen LogP contribution in [0.15, 0.2) is 0 Å². The second-order valence-corrected chi connectivity index (χ2v) is 7.19. The zero-order valence-corrected chi connectivity index (χ0v) is 13.8. The Morgan fingerprint density at radius 1 is 1.05 bits per heavy atom. The molecule has 1 saturated carbocycles. The monoisotopic (exact) mass is 283 g/mol. The van der Waals surface area contributed by atoms with Crippen molar-refractivity contribution in [2.45, 2.75) is 57.2 Å². The molecule has 1 heterocycles. The van der Waals surface area contributed by atoms with E-state index in [1.54, 1.807) is 0 Å². The van der Waals surface area contributed by atoms with Crippen LogP contribution in [0, 0.1) is 0 Å². The molecule has 1 aliphatic heterocycles. The van der Waals surface area contributed by atoms with Gasteiger partial charge in [0.2, 0.25) is 0 Å². The van der Waals surface area contributed by atoms with E-state index in [2.05, 4.69) is 36.0 Å². The predicted octanol–water partition coefficient (Wildman–Crippen LogP) is 1.56. The second-order valence-electron chi connectivity index (χ2n) is 7.19. The van der Waals surface area contributed by atoms with Crippen LogP contribution < -0.4 is 5.32 Å². The van der Waals surface area contributed by atoms with E-state index in [0.717, 1.165) is 6.54 Å². The molecule has 4 heteroatoms. The molecule has 2 fully saturated rings. The van der Waals surface area contributed by atoms with Gasteiger partial charge >= 0.3 is 0 Å². The fraction of sp³-hybridized carbons (Fsp3) is 1.00. The summed E-state index contributed by atoms with van der Waals surface area (Å²) in [6, 6.07) is 0.688. The maximum atomic E-state index is 5.45. The molecule has 0 unspecified atom stereocenters. The molecule has 0 aromatic rings. The minimum Gasteiger partial charge on any atom is -0.381 e. The SMILES string of the molecule is COC1CCC(NCC(C)(C)N2CCN(C)CC2)CC1. The van der Waals surface area contributed by atoms with Crippen molar-refractivity contribution in [1.82, 2.24) is 15.1 Å². The van der Waals surface area contributed by atoms with Crippen LogP contribution in [0.5, 0.6) is 0 Å². The third kappa shape index (κ3) is 4.42. The first kappa shape index (κ1) is 16.2. The van der Waals surface area contributed by atoms with Gasteiger partial charge in [0.1, 0.15) is 0 Å². The lowest BCUT2D eigenvalue weighted by Gasteiger charge is -2.44. The van der Waals surface area contributed by atoms with Crippen molar-refractivity contribution in [2.75, 3.05) is 46.9 Å². The zero-order valence-electron chi connectivity index (χ0n) is 13.8. The molecule has 0 bridgehead atoms. The Hall–Kier alpha value is -0.160. The number of hydrogen-bond donors (Lipinski definition) is 1. The Kier molecular flexibility index (Phi) is 5.84. The highest BCUT2D eigenvalue weighted by atomic mass is 16.5. The van der Waals surface area contributed by atoms with Crippen LogP contribution in [0.4, 0.5) is 0 Å². The average Bonchev–Trinajstić information content (AvgIpc) is 2.46. The summed E-state index contributed by atoms with van der Waals surface area (Å²) in [5.41, 5.74) is 0.263. The Morgan fingerprint density at radius 2 is 1.65 bits per heavy atom. The van der Waals surface area contributed by atoms with Gasteiger partial charge in [-0.15, -0.1) is 0 Å². The topological polar surface area (TPSA) is 27.7 Å². The summed E-state index contributed by atoms with van der Waals surface area (Å²) >= 11 is 0. The highest BCUT2D eigenvalue weighted by Gasteiger charge is 2.30. The molecule has 1 N–H and O–H groups in total. The lowest BCUT2D eigenvalue weighted by atomic mass is 9.92. The first-order valence-electron chi connectivity index (χ1n) is 8.21. The molecule has 0 aromatic carbocycles. The molecule has 0 amide bonds. The van der Waals surface area contributed by atoms with E-state index in [-0.39, 0.29) is 5.54 Å². The van der Waals surface area contributed by atoms with E-state index in [1.807, 2.05) is 7.11 Å². The molecular weight excluding hydrogens is 250 g/mol. The van der Waals surface area contributed by atoms with E-state index in [0.29, 0.717) is 12.1 Å². The second kappa shape index (κ2) is 7.21. The number of methoxy groups -OCH3 is 1. The average molecular weight is 283 g/mol. The molecule has 0 spiro atoms. The molecule has 20 heavy (non-hydrogen) atoms. The van der Waals surface area contributed by atoms with Crippen molar-refractivity contribution in [3.05, 3.63) is 0 Å². The first-order chi connectivity index (χ1) is 9.51. The van der Waals surface area contributed by atoms with Crippen molar-refractivity contribution < 1.29 is 4.74 Å². The van der Waals surface area contributed by atoms with Crippen LogP contribution in [-0.2, 0) is 4.74 Å². The Balaban J connectivity index is 1.72. The molecule has 0 radical (unpaired) electrons. The third-order valence-corrected chi connectivity index (χ3v) is 5.19. The maximum Gasteiger partial charge on any atom is 0.0572 e. The molecule has 1 saturated heterocycles. The lowest BCUT2D eigenvalue weighted by molar-refractivity contribution is 0.0475. The van der Waals surface area contributed by atoms with Crippen molar-refractivity contribution in [3.8, 4) is 0 Å². The smallest absolute Gasteiger partial charge is 0.0572 e. The highest BCUT2D eigenvalue weighted by molar-refractivity contribution is 4.89. The van der Waals surface area contributed by atoms with Crippen LogP contribution in [-0.4, -0.2) is 74.4 Å². The normalized spacial score (nSPS) is 30.6. The third-order valence-electron chi connectivity index (χ3n) is 5.19. The van der Waals surface area contributed by atoms with Crippen molar-refractivity contribution in [2.24, 2.45) is 0 Å². The van der Waals surface area contributed by atoms with E-state index in [1.165, 1.54) is 51.9 Å². The summed E-state index contributed by atoms with van der Waals surface area (Å²) in [4.78, 5) is 5.06. The minimum absolute atomic E-state index is 0.263. The largest absolute Gasteiger partial charge is 0.381 e. The van der Waals surface area contributed by atoms with Gasteiger partial charge in [-0.2, -0.15) is 0 Å². The summed E-state index contributed by atoms with van der Waals surface area (Å²) < 4.78 is 5.45. The fourth-order valence-corrected chi connectivity index (χ4v) is 3.42. The van der Waals surface area contributed by atoms with Gasteiger partial charge in [-0.25, -0.2) is 0 Å². The van der Waals surface area contributed by atoms with Gasteiger partial charge in [0.05, 0.1) is 6.10 Å². The molecule has 2 aliphatic rings. The quantitative estimate of drug-likeness (QED) is 0.829. The molecule has 1 aliphatic carbocycles. The Morgan fingerprint density at radius 3 is 2.20 bits per heavy atom. The van der Waals surface area contributed by atoms with Crippen LogP contribution in [0.25, 0.3) is 0 Å². The molecule has 4 nitrogen and oxygen atoms in total. The number of nitrogens with zero attached hydrogens (tertiary/aromatic N) is 2. The zero-order chi connectivity index (χ0) is 14.6. The van der Waals surface area contributed by atoms with Crippen LogP contribution in [0.1, 0.15) is 39.5 Å². The van der Waals surface area contributed by atoms with Gasteiger partial charge in [0.25, 0.3) is 0 Å². The summed E-state index contributed by atoms with van der Waals surface area (Å²) in [5.74, 6) is 0. The number of hydrogen-bond acceptors (Lipinski definition) is 4. The summed E-state index contributed by atoms with van der Waals surface area (Å²) in [5, 5.41) is 3.80. The number of likely N-dealkylation sites (N-methyl/N-ethyl adjacent to an activating group) is 1. The summed E-state index contributed by atoms with van der Waals surface area (Å²) in [6.45, 7) is 10.6. The number of nitrogens with one attached hydrogen (secondary N) is 1. The number of piperazine rings is 1. The molecule has 0 aromatic heterocycles. The standard InChI is InChI=1S/C16H33N3O/c1-16(2,19-11-9-18(3)10-12-19)13-17-14-5-7-15(20-4)8-6-14/h14-15,17H,5-13H2,1-4H3. The van der Waals surface area contributed by atoms with Crippen molar-refractivity contribution >= 4 is 0 Å². The number of rotatable bonds is 5. The van der Waals surface area contributed by atoms with Crippen LogP contribution in [0.2, 0.25) is 0 Å². The number of ether oxygens (including phenoxy) is 1. The van der Waals surface area contributed by atoms with E-state index in [4.69, 9.17) is 4.74 Å². The van der Waals surface area contributed by atoms with Crippen LogP contribution in [0.3, 0.4) is 0 Å². The molecule has 2 rings (SSSR count). The van der Waals surface area contributed by atoms with E-state index >= 15 is 0 Å². The van der Waals surface area contributed by atoms with E-state index < -0.39 is 0 Å². The molecule has 0 atom stereocenters. The summed E-state index contributed by atoms with van der Waals surface area (Å²) in [6.07, 6.45) is 5.44. The van der Waals surface area contributed by atoms with Gasteiger partial charge in [-0.05, 0) is 46.6 Å². The molecular formula is C16H33N3O. The lowest BCUT2D eigenvalue weighted by Crippen LogP contribution is -2.58. The molecule has 118 valence electrons. The van der Waals surface area contributed by atoms with Gasteiger partial charge < -0.3 is 15.0 Å². The van der Waals surface area contributed by atoms with Crippen molar-refractivity contribution in [3.63, 3.8) is 0 Å². The highest BCUT2D eigenvalue weighted by Crippen LogP contribution is 2.22. The first-order valence-corrected chi connectivity index (χ1v) is 8.21. The van der Waals surface area contributed by atoms with Crippen LogP contribution >= 0.6 is 0 Å². The fourth-order valence-electron chi connectivity index (χ4n) is 3.42. The Bertz CT molecular complexity index is 279. The van der Waals surface area contributed by atoms with Gasteiger partial charge in [-0.3, -0.25) is 4.90 Å². The maximum absolute atomic E-state index is 5.45. The summed E-state index contributed by atoms with van der Waals surface area (Å²) in [7, 11) is 4.06. The van der Waals surface area contributed by atoms with Gasteiger partial charge in [0, 0.05) is 51.4 Å². The van der Waals surface area contributed by atoms with Crippen molar-refractivity contribution in [1.29, 1.82) is 0 Å². The Labute approximate surface area is 124 Å². The van der Waals surface area contributed by atoms with Gasteiger partial charge in [0.15, 0.2) is 0 Å².